The van der Waals surface area contributed by atoms with Crippen molar-refractivity contribution in [3.8, 4) is 11.3 Å². The highest BCUT2D eigenvalue weighted by Crippen LogP contribution is 2.34. The lowest BCUT2D eigenvalue weighted by Crippen LogP contribution is -2.49. The van der Waals surface area contributed by atoms with Crippen LogP contribution in [0.25, 0.3) is 22.2 Å². The predicted octanol–water partition coefficient (Wildman–Crippen LogP) is 5.33. The summed E-state index contributed by atoms with van der Waals surface area (Å²) in [5.41, 5.74) is 1.80. The Morgan fingerprint density at radius 1 is 0.971 bits per heavy atom. The number of alkyl halides is 3. The van der Waals surface area contributed by atoms with Gasteiger partial charge in [0.2, 0.25) is 0 Å². The quantitative estimate of drug-likeness (QED) is 0.383. The first-order chi connectivity index (χ1) is 16.8. The molecular formula is C25H19ClF3N5O. The van der Waals surface area contributed by atoms with E-state index < -0.39 is 11.7 Å². The van der Waals surface area contributed by atoms with Gasteiger partial charge in [-0.1, -0.05) is 29.8 Å². The van der Waals surface area contributed by atoms with E-state index in [2.05, 4.69) is 9.97 Å². The Bertz CT molecular complexity index is 1390. The Hall–Kier alpha value is -3.72. The molecule has 1 saturated heterocycles. The van der Waals surface area contributed by atoms with Gasteiger partial charge in [0.25, 0.3) is 5.91 Å². The van der Waals surface area contributed by atoms with Gasteiger partial charge in [0.1, 0.15) is 5.82 Å². The number of fused-ring (bicyclic) bond motifs is 1. The predicted molar refractivity (Wildman–Crippen MR) is 127 cm³/mol. The average molecular weight is 498 g/mol. The fourth-order valence-corrected chi connectivity index (χ4v) is 4.41. The normalized spacial score (nSPS) is 14.4. The molecule has 1 aromatic carbocycles. The number of benzene rings is 1. The molecule has 3 aromatic heterocycles. The minimum absolute atomic E-state index is 0.0687. The highest BCUT2D eigenvalue weighted by atomic mass is 35.5. The van der Waals surface area contributed by atoms with Crippen LogP contribution in [0.2, 0.25) is 5.02 Å². The first kappa shape index (κ1) is 23.0. The molecule has 0 unspecified atom stereocenters. The largest absolute Gasteiger partial charge is 0.417 e. The monoisotopic (exact) mass is 497 g/mol. The van der Waals surface area contributed by atoms with Gasteiger partial charge in [-0.25, -0.2) is 9.97 Å². The highest BCUT2D eigenvalue weighted by molar-refractivity contribution is 6.33. The number of amides is 1. The van der Waals surface area contributed by atoms with Crippen LogP contribution in [0.1, 0.15) is 15.9 Å². The van der Waals surface area contributed by atoms with Crippen molar-refractivity contribution in [2.45, 2.75) is 6.18 Å². The number of halogens is 4. The topological polar surface area (TPSA) is 62.2 Å². The molecule has 0 aliphatic carbocycles. The van der Waals surface area contributed by atoms with Crippen LogP contribution in [-0.2, 0) is 6.18 Å². The van der Waals surface area contributed by atoms with Crippen molar-refractivity contribution in [1.82, 2.24) is 19.9 Å². The number of hydrogen-bond acceptors (Lipinski definition) is 5. The second kappa shape index (κ2) is 9.14. The third kappa shape index (κ3) is 4.64. The zero-order valence-electron chi connectivity index (χ0n) is 18.3. The fraction of sp³-hybridized carbons (Fsp3) is 0.200. The Morgan fingerprint density at radius 2 is 1.74 bits per heavy atom. The van der Waals surface area contributed by atoms with Crippen molar-refractivity contribution in [3.63, 3.8) is 0 Å². The lowest BCUT2D eigenvalue weighted by atomic mass is 10.0. The Kier molecular flexibility index (Phi) is 6.02. The number of pyridine rings is 3. The maximum Gasteiger partial charge on any atom is 0.417 e. The maximum absolute atomic E-state index is 13.6. The van der Waals surface area contributed by atoms with Crippen molar-refractivity contribution < 1.29 is 18.0 Å². The lowest BCUT2D eigenvalue weighted by molar-refractivity contribution is -0.137. The van der Waals surface area contributed by atoms with Crippen molar-refractivity contribution >= 4 is 34.2 Å². The standard InChI is InChI=1S/C25H19ClF3N5O/c26-20-12-17(25(27,28)29)15-31-23(20)33-8-10-34(11-9-33)24(35)19-13-22(16-4-3-7-30-14-16)32-21-6-2-1-5-18(19)21/h1-7,12-15H,8-11H2. The van der Waals surface area contributed by atoms with Crippen molar-refractivity contribution in [1.29, 1.82) is 0 Å². The van der Waals surface area contributed by atoms with Crippen LogP contribution in [0.15, 0.2) is 67.1 Å². The molecule has 5 rings (SSSR count). The maximum atomic E-state index is 13.6. The van der Waals surface area contributed by atoms with E-state index in [1.807, 2.05) is 36.4 Å². The molecule has 0 atom stereocenters. The van der Waals surface area contributed by atoms with E-state index in [0.717, 1.165) is 23.2 Å². The molecule has 6 nitrogen and oxygen atoms in total. The zero-order valence-corrected chi connectivity index (χ0v) is 19.1. The number of para-hydroxylation sites is 1. The number of carbonyl (C=O) groups excluding carboxylic acids is 1. The second-order valence-corrected chi connectivity index (χ2v) is 8.53. The van der Waals surface area contributed by atoms with E-state index in [9.17, 15) is 18.0 Å². The van der Waals surface area contributed by atoms with Crippen LogP contribution in [0.5, 0.6) is 0 Å². The SMILES string of the molecule is O=C(c1cc(-c2cccnc2)nc2ccccc12)N1CCN(c2ncc(C(F)(F)F)cc2Cl)CC1. The van der Waals surface area contributed by atoms with E-state index >= 15 is 0 Å². The minimum Gasteiger partial charge on any atom is -0.352 e. The van der Waals surface area contributed by atoms with E-state index in [0.29, 0.717) is 43.0 Å². The van der Waals surface area contributed by atoms with Crippen LogP contribution in [0.4, 0.5) is 19.0 Å². The number of nitrogens with zero attached hydrogens (tertiary/aromatic N) is 5. The van der Waals surface area contributed by atoms with Crippen molar-refractivity contribution in [2.24, 2.45) is 0 Å². The van der Waals surface area contributed by atoms with Gasteiger partial charge in [0.15, 0.2) is 0 Å². The minimum atomic E-state index is -4.51. The zero-order chi connectivity index (χ0) is 24.6. The third-order valence-electron chi connectivity index (χ3n) is 5.92. The molecule has 4 heterocycles. The van der Waals surface area contributed by atoms with Crippen LogP contribution < -0.4 is 4.90 Å². The number of carbonyl (C=O) groups is 1. The summed E-state index contributed by atoms with van der Waals surface area (Å²) < 4.78 is 38.8. The molecule has 10 heteroatoms. The molecule has 0 saturated carbocycles. The molecule has 1 amide bonds. The molecule has 0 N–H and O–H groups in total. The lowest BCUT2D eigenvalue weighted by Gasteiger charge is -2.36. The second-order valence-electron chi connectivity index (χ2n) is 8.12. The van der Waals surface area contributed by atoms with E-state index in [-0.39, 0.29) is 16.7 Å². The molecule has 0 bridgehead atoms. The van der Waals surface area contributed by atoms with Crippen molar-refractivity contribution in [2.75, 3.05) is 31.1 Å². The van der Waals surface area contributed by atoms with Crippen molar-refractivity contribution in [3.05, 3.63) is 83.3 Å². The summed E-state index contributed by atoms with van der Waals surface area (Å²) in [6, 6.07) is 13.8. The summed E-state index contributed by atoms with van der Waals surface area (Å²) in [5, 5.41) is 0.681. The molecular weight excluding hydrogens is 479 g/mol. The summed E-state index contributed by atoms with van der Waals surface area (Å²) >= 11 is 6.11. The third-order valence-corrected chi connectivity index (χ3v) is 6.20. The van der Waals surface area contributed by atoms with E-state index in [4.69, 9.17) is 16.6 Å². The molecule has 1 fully saturated rings. The Labute approximate surface area is 204 Å². The molecule has 178 valence electrons. The molecule has 1 aliphatic heterocycles. The number of anilines is 1. The van der Waals surface area contributed by atoms with Gasteiger partial charge >= 0.3 is 6.18 Å². The summed E-state index contributed by atoms with van der Waals surface area (Å²) in [6.07, 6.45) is -0.358. The number of rotatable bonds is 3. The molecule has 4 aromatic rings. The van der Waals surface area contributed by atoms with Crippen LogP contribution in [0, 0.1) is 0 Å². The molecule has 0 radical (unpaired) electrons. The van der Waals surface area contributed by atoms with E-state index in [1.54, 1.807) is 28.3 Å². The van der Waals surface area contributed by atoms with Crippen LogP contribution >= 0.6 is 11.6 Å². The first-order valence-electron chi connectivity index (χ1n) is 10.9. The highest BCUT2D eigenvalue weighted by Gasteiger charge is 2.32. The number of piperazine rings is 1. The average Bonchev–Trinajstić information content (AvgIpc) is 2.87. The summed E-state index contributed by atoms with van der Waals surface area (Å²) in [7, 11) is 0. The van der Waals surface area contributed by atoms with Gasteiger partial charge in [-0.05, 0) is 30.3 Å². The Balaban J connectivity index is 1.39. The number of aromatic nitrogens is 3. The molecule has 0 spiro atoms. The van der Waals surface area contributed by atoms with Crippen LogP contribution in [-0.4, -0.2) is 51.9 Å². The van der Waals surface area contributed by atoms with Gasteiger partial charge in [-0.3, -0.25) is 9.78 Å². The Morgan fingerprint density at radius 3 is 2.43 bits per heavy atom. The summed E-state index contributed by atoms with van der Waals surface area (Å²) in [6.45, 7) is 1.53. The van der Waals surface area contributed by atoms with Gasteiger partial charge < -0.3 is 9.80 Å². The smallest absolute Gasteiger partial charge is 0.352 e. The van der Waals surface area contributed by atoms with Gasteiger partial charge in [0, 0.05) is 55.7 Å². The number of hydrogen-bond donors (Lipinski definition) is 0. The fourth-order valence-electron chi connectivity index (χ4n) is 4.12. The summed E-state index contributed by atoms with van der Waals surface area (Å²) in [4.78, 5) is 29.9. The van der Waals surface area contributed by atoms with Crippen LogP contribution in [0.3, 0.4) is 0 Å². The van der Waals surface area contributed by atoms with E-state index in [1.165, 1.54) is 0 Å². The molecule has 1 aliphatic rings. The van der Waals surface area contributed by atoms with Gasteiger partial charge in [-0.2, -0.15) is 13.2 Å². The molecule has 35 heavy (non-hydrogen) atoms. The summed E-state index contributed by atoms with van der Waals surface area (Å²) in [5.74, 6) is 0.139. The van der Waals surface area contributed by atoms with Gasteiger partial charge in [0.05, 0.1) is 27.4 Å². The first-order valence-corrected chi connectivity index (χ1v) is 11.3. The van der Waals surface area contributed by atoms with Gasteiger partial charge in [-0.15, -0.1) is 0 Å².